The summed E-state index contributed by atoms with van der Waals surface area (Å²) in [6.45, 7) is 3.62. The molecule has 4 nitrogen and oxygen atoms in total. The molecule has 1 spiro atoms. The first-order valence-corrected chi connectivity index (χ1v) is 7.90. The molecule has 2 N–H and O–H groups in total. The molecular weight excluding hydrogens is 254 g/mol. The average molecular weight is 281 g/mol. The van der Waals surface area contributed by atoms with Crippen molar-refractivity contribution in [3.63, 3.8) is 0 Å². The Bertz CT molecular complexity index is 359. The van der Waals surface area contributed by atoms with Gasteiger partial charge in [-0.1, -0.05) is 37.8 Å². The fourth-order valence-corrected chi connectivity index (χ4v) is 3.28. The fraction of sp³-hybridized carbons (Fsp3) is 0.812. The number of carbonyl (C=O) groups excluding carboxylic acids is 1. The maximum absolute atomic E-state index is 11.0. The number of amides is 1. The zero-order valence-corrected chi connectivity index (χ0v) is 12.5. The van der Waals surface area contributed by atoms with Crippen LogP contribution in [0.5, 0.6) is 0 Å². The summed E-state index contributed by atoms with van der Waals surface area (Å²) in [5.41, 5.74) is 6.66. The van der Waals surface area contributed by atoms with Crippen LogP contribution < -0.4 is 5.73 Å². The predicted molar refractivity (Wildman–Crippen MR) is 78.0 cm³/mol. The highest BCUT2D eigenvalue weighted by Gasteiger charge is 2.41. The smallest absolute Gasteiger partial charge is 0.217 e. The molecule has 0 radical (unpaired) electrons. The number of hydrogen-bond acceptors (Lipinski definition) is 3. The fourth-order valence-electron chi connectivity index (χ4n) is 3.28. The summed E-state index contributed by atoms with van der Waals surface area (Å²) in [5, 5.41) is 0. The van der Waals surface area contributed by atoms with E-state index >= 15 is 0 Å². The van der Waals surface area contributed by atoms with E-state index in [1.165, 1.54) is 24.8 Å². The molecule has 0 aromatic heterocycles. The molecule has 1 unspecified atom stereocenters. The Morgan fingerprint density at radius 3 is 2.80 bits per heavy atom. The second kappa shape index (κ2) is 7.23. The predicted octanol–water partition coefficient (Wildman–Crippen LogP) is 2.91. The van der Waals surface area contributed by atoms with E-state index < -0.39 is 0 Å². The second-order valence-electron chi connectivity index (χ2n) is 5.95. The van der Waals surface area contributed by atoms with E-state index in [0.717, 1.165) is 25.7 Å². The number of unbranched alkanes of at least 4 members (excludes halogenated alkanes) is 2. The Kier molecular flexibility index (Phi) is 5.61. The third-order valence-corrected chi connectivity index (χ3v) is 4.39. The van der Waals surface area contributed by atoms with Gasteiger partial charge in [0.15, 0.2) is 5.79 Å². The molecule has 0 aromatic rings. The van der Waals surface area contributed by atoms with Gasteiger partial charge in [-0.25, -0.2) is 0 Å². The molecule has 1 aliphatic heterocycles. The van der Waals surface area contributed by atoms with Crippen LogP contribution in [0.15, 0.2) is 11.6 Å². The SMILES string of the molecule is CCCCCC1CC2(CC=C1CCC(N)=O)OCCO2. The van der Waals surface area contributed by atoms with Gasteiger partial charge < -0.3 is 15.2 Å². The summed E-state index contributed by atoms with van der Waals surface area (Å²) >= 11 is 0. The minimum atomic E-state index is -0.382. The summed E-state index contributed by atoms with van der Waals surface area (Å²) < 4.78 is 11.7. The molecular formula is C16H27NO3. The summed E-state index contributed by atoms with van der Waals surface area (Å²) in [5.74, 6) is -0.118. The van der Waals surface area contributed by atoms with Crippen LogP contribution in [-0.2, 0) is 14.3 Å². The quantitative estimate of drug-likeness (QED) is 0.576. The van der Waals surface area contributed by atoms with Gasteiger partial charge in [0.2, 0.25) is 5.91 Å². The van der Waals surface area contributed by atoms with Crippen molar-refractivity contribution >= 4 is 5.91 Å². The molecule has 2 aliphatic rings. The number of ether oxygens (including phenoxy) is 2. The molecule has 1 saturated heterocycles. The van der Waals surface area contributed by atoms with Gasteiger partial charge in [-0.3, -0.25) is 4.79 Å². The Hall–Kier alpha value is -0.870. The highest BCUT2D eigenvalue weighted by Crippen LogP contribution is 2.41. The molecule has 4 heteroatoms. The molecule has 1 amide bonds. The number of nitrogens with two attached hydrogens (primary N) is 1. The molecule has 1 aliphatic carbocycles. The van der Waals surface area contributed by atoms with Crippen molar-refractivity contribution in [2.24, 2.45) is 11.7 Å². The van der Waals surface area contributed by atoms with E-state index in [-0.39, 0.29) is 11.7 Å². The van der Waals surface area contributed by atoms with Crippen LogP contribution in [0.1, 0.15) is 58.3 Å². The molecule has 0 saturated carbocycles. The van der Waals surface area contributed by atoms with Crippen LogP contribution in [0, 0.1) is 5.92 Å². The van der Waals surface area contributed by atoms with Gasteiger partial charge in [-0.05, 0) is 18.8 Å². The lowest BCUT2D eigenvalue weighted by Gasteiger charge is -2.36. The number of allylic oxidation sites excluding steroid dienone is 1. The minimum Gasteiger partial charge on any atom is -0.370 e. The van der Waals surface area contributed by atoms with Crippen molar-refractivity contribution in [3.05, 3.63) is 11.6 Å². The van der Waals surface area contributed by atoms with Crippen molar-refractivity contribution in [3.8, 4) is 0 Å². The number of carbonyl (C=O) groups is 1. The lowest BCUT2D eigenvalue weighted by Crippen LogP contribution is -2.36. The number of primary amides is 1. The monoisotopic (exact) mass is 281 g/mol. The molecule has 1 atom stereocenters. The lowest BCUT2D eigenvalue weighted by atomic mass is 9.79. The lowest BCUT2D eigenvalue weighted by molar-refractivity contribution is -0.169. The van der Waals surface area contributed by atoms with E-state index in [4.69, 9.17) is 15.2 Å². The molecule has 20 heavy (non-hydrogen) atoms. The van der Waals surface area contributed by atoms with Crippen molar-refractivity contribution < 1.29 is 14.3 Å². The van der Waals surface area contributed by atoms with Gasteiger partial charge in [-0.2, -0.15) is 0 Å². The van der Waals surface area contributed by atoms with Crippen LogP contribution in [0.2, 0.25) is 0 Å². The molecule has 1 fully saturated rings. The standard InChI is InChI=1S/C16H27NO3/c1-2-3-4-5-14-12-16(19-10-11-20-16)9-8-13(14)6-7-15(17)18/h8,14H,2-7,9-12H2,1H3,(H2,17,18). The van der Waals surface area contributed by atoms with Crippen molar-refractivity contribution in [2.75, 3.05) is 13.2 Å². The zero-order chi connectivity index (χ0) is 14.4. The molecule has 0 aromatic carbocycles. The summed E-state index contributed by atoms with van der Waals surface area (Å²) in [6, 6.07) is 0. The Morgan fingerprint density at radius 2 is 2.15 bits per heavy atom. The number of hydrogen-bond donors (Lipinski definition) is 1. The van der Waals surface area contributed by atoms with E-state index in [1.807, 2.05) is 0 Å². The van der Waals surface area contributed by atoms with E-state index in [0.29, 0.717) is 25.6 Å². The van der Waals surface area contributed by atoms with Gasteiger partial charge in [0.1, 0.15) is 0 Å². The Morgan fingerprint density at radius 1 is 1.40 bits per heavy atom. The minimum absolute atomic E-state index is 0.216. The van der Waals surface area contributed by atoms with Crippen molar-refractivity contribution in [1.29, 1.82) is 0 Å². The first-order valence-electron chi connectivity index (χ1n) is 7.90. The highest BCUT2D eigenvalue weighted by atomic mass is 16.7. The summed E-state index contributed by atoms with van der Waals surface area (Å²) in [4.78, 5) is 11.0. The van der Waals surface area contributed by atoms with Crippen LogP contribution in [0.4, 0.5) is 0 Å². The van der Waals surface area contributed by atoms with Crippen LogP contribution in [-0.4, -0.2) is 24.9 Å². The van der Waals surface area contributed by atoms with Gasteiger partial charge >= 0.3 is 0 Å². The van der Waals surface area contributed by atoms with E-state index in [9.17, 15) is 4.79 Å². The topological polar surface area (TPSA) is 61.6 Å². The first-order chi connectivity index (χ1) is 9.65. The Balaban J connectivity index is 1.98. The molecule has 2 rings (SSSR count). The van der Waals surface area contributed by atoms with Crippen molar-refractivity contribution in [2.45, 2.75) is 64.1 Å². The highest BCUT2D eigenvalue weighted by molar-refractivity contribution is 5.74. The zero-order valence-electron chi connectivity index (χ0n) is 12.5. The summed E-state index contributed by atoms with van der Waals surface area (Å²) in [6.07, 6.45) is 10.1. The van der Waals surface area contributed by atoms with Crippen LogP contribution in [0.3, 0.4) is 0 Å². The largest absolute Gasteiger partial charge is 0.370 e. The van der Waals surface area contributed by atoms with Crippen LogP contribution in [0.25, 0.3) is 0 Å². The average Bonchev–Trinajstić information content (AvgIpc) is 2.86. The maximum atomic E-state index is 11.0. The second-order valence-corrected chi connectivity index (χ2v) is 5.95. The molecule has 114 valence electrons. The van der Waals surface area contributed by atoms with Gasteiger partial charge in [0, 0.05) is 19.3 Å². The third kappa shape index (κ3) is 4.06. The van der Waals surface area contributed by atoms with E-state index in [2.05, 4.69) is 13.0 Å². The van der Waals surface area contributed by atoms with Gasteiger partial charge in [0.25, 0.3) is 0 Å². The van der Waals surface area contributed by atoms with E-state index in [1.54, 1.807) is 0 Å². The third-order valence-electron chi connectivity index (χ3n) is 4.39. The number of rotatable bonds is 7. The van der Waals surface area contributed by atoms with Crippen molar-refractivity contribution in [1.82, 2.24) is 0 Å². The van der Waals surface area contributed by atoms with Crippen LogP contribution >= 0.6 is 0 Å². The van der Waals surface area contributed by atoms with Gasteiger partial charge in [0.05, 0.1) is 13.2 Å². The molecule has 1 heterocycles. The normalized spacial score (nSPS) is 24.9. The molecule has 0 bridgehead atoms. The Labute approximate surface area is 121 Å². The van der Waals surface area contributed by atoms with Gasteiger partial charge in [-0.15, -0.1) is 0 Å². The first kappa shape index (κ1) is 15.5. The maximum Gasteiger partial charge on any atom is 0.217 e. The summed E-state index contributed by atoms with van der Waals surface area (Å²) in [7, 11) is 0.